The lowest BCUT2D eigenvalue weighted by molar-refractivity contribution is 0.0755. The molecule has 0 spiro atoms. The molecule has 0 aliphatic rings. The third kappa shape index (κ3) is 3.07. The van der Waals surface area contributed by atoms with Gasteiger partial charge in [-0.05, 0) is 30.7 Å². The van der Waals surface area contributed by atoms with Crippen LogP contribution in [0.25, 0.3) is 11.0 Å². The van der Waals surface area contributed by atoms with Gasteiger partial charge >= 0.3 is 0 Å². The van der Waals surface area contributed by atoms with E-state index in [1.165, 1.54) is 0 Å². The molecule has 0 radical (unpaired) electrons. The van der Waals surface area contributed by atoms with Crippen LogP contribution < -0.4 is 0 Å². The van der Waals surface area contributed by atoms with Crippen molar-refractivity contribution in [2.45, 2.75) is 13.5 Å². The first kappa shape index (κ1) is 15.9. The van der Waals surface area contributed by atoms with E-state index in [1.807, 2.05) is 37.3 Å². The standard InChI is InChI=1S/C18H15Cl2NO2/c1-11-14-5-3-4-6-16(14)23-17(11)18(22)21(2)10-12-7-8-13(19)9-15(12)20/h3-9H,10H2,1-2H3. The predicted molar refractivity (Wildman–Crippen MR) is 93.2 cm³/mol. The van der Waals surface area contributed by atoms with Crippen LogP contribution in [-0.4, -0.2) is 17.9 Å². The van der Waals surface area contributed by atoms with Gasteiger partial charge in [-0.3, -0.25) is 4.79 Å². The number of rotatable bonds is 3. The molecular formula is C18H15Cl2NO2. The Bertz CT molecular complexity index is 886. The Hall–Kier alpha value is -1.97. The number of para-hydroxylation sites is 1. The number of furan rings is 1. The second-order valence-corrected chi connectivity index (χ2v) is 6.29. The van der Waals surface area contributed by atoms with E-state index in [0.717, 1.165) is 16.5 Å². The Balaban J connectivity index is 1.88. The molecule has 5 heteroatoms. The van der Waals surface area contributed by atoms with Gasteiger partial charge in [0.05, 0.1) is 0 Å². The summed E-state index contributed by atoms with van der Waals surface area (Å²) in [5.41, 5.74) is 2.40. The van der Waals surface area contributed by atoms with Crippen molar-refractivity contribution in [2.24, 2.45) is 0 Å². The van der Waals surface area contributed by atoms with E-state index < -0.39 is 0 Å². The number of hydrogen-bond donors (Lipinski definition) is 0. The summed E-state index contributed by atoms with van der Waals surface area (Å²) in [5, 5.41) is 2.06. The molecule has 0 bridgehead atoms. The van der Waals surface area contributed by atoms with Crippen LogP contribution in [0.15, 0.2) is 46.9 Å². The lowest BCUT2D eigenvalue weighted by atomic mass is 10.1. The Kier molecular flexibility index (Phi) is 4.33. The third-order valence-electron chi connectivity index (χ3n) is 3.81. The minimum absolute atomic E-state index is 0.176. The van der Waals surface area contributed by atoms with Gasteiger partial charge in [0.2, 0.25) is 0 Å². The fourth-order valence-corrected chi connectivity index (χ4v) is 3.00. The van der Waals surface area contributed by atoms with E-state index in [1.54, 1.807) is 24.1 Å². The summed E-state index contributed by atoms with van der Waals surface area (Å²) in [5.74, 6) is 0.184. The third-order valence-corrected chi connectivity index (χ3v) is 4.39. The quantitative estimate of drug-likeness (QED) is 0.642. The SMILES string of the molecule is Cc1c(C(=O)N(C)Cc2ccc(Cl)cc2Cl)oc2ccccc12. The van der Waals surface area contributed by atoms with Crippen molar-refractivity contribution >= 4 is 40.1 Å². The zero-order valence-electron chi connectivity index (χ0n) is 12.8. The van der Waals surface area contributed by atoms with Crippen molar-refractivity contribution in [1.82, 2.24) is 4.90 Å². The summed E-state index contributed by atoms with van der Waals surface area (Å²) in [6.45, 7) is 2.27. The molecule has 1 amide bonds. The number of amides is 1. The number of aryl methyl sites for hydroxylation is 1. The van der Waals surface area contributed by atoms with Gasteiger partial charge in [0.25, 0.3) is 5.91 Å². The zero-order valence-corrected chi connectivity index (χ0v) is 14.3. The van der Waals surface area contributed by atoms with Crippen molar-refractivity contribution in [1.29, 1.82) is 0 Å². The maximum atomic E-state index is 12.7. The Morgan fingerprint density at radius 1 is 1.17 bits per heavy atom. The molecule has 0 N–H and O–H groups in total. The molecular weight excluding hydrogens is 333 g/mol. The number of nitrogens with zero attached hydrogens (tertiary/aromatic N) is 1. The van der Waals surface area contributed by atoms with Crippen molar-refractivity contribution in [3.8, 4) is 0 Å². The molecule has 1 heterocycles. The first-order chi connectivity index (χ1) is 11.0. The highest BCUT2D eigenvalue weighted by molar-refractivity contribution is 6.35. The topological polar surface area (TPSA) is 33.5 Å². The molecule has 3 rings (SSSR count). The minimum atomic E-state index is -0.176. The highest BCUT2D eigenvalue weighted by Crippen LogP contribution is 2.27. The van der Waals surface area contributed by atoms with Crippen LogP contribution in [0.5, 0.6) is 0 Å². The van der Waals surface area contributed by atoms with Gasteiger partial charge in [0.1, 0.15) is 5.58 Å². The summed E-state index contributed by atoms with van der Waals surface area (Å²) in [6, 6.07) is 12.9. The summed E-state index contributed by atoms with van der Waals surface area (Å²) in [6.07, 6.45) is 0. The maximum Gasteiger partial charge on any atom is 0.289 e. The van der Waals surface area contributed by atoms with E-state index >= 15 is 0 Å². The molecule has 0 aliphatic carbocycles. The van der Waals surface area contributed by atoms with Gasteiger partial charge in [0, 0.05) is 34.6 Å². The van der Waals surface area contributed by atoms with Crippen LogP contribution in [0, 0.1) is 6.92 Å². The average molecular weight is 348 g/mol. The number of halogens is 2. The zero-order chi connectivity index (χ0) is 16.6. The first-order valence-electron chi connectivity index (χ1n) is 7.15. The molecule has 2 aromatic carbocycles. The largest absolute Gasteiger partial charge is 0.451 e. The second-order valence-electron chi connectivity index (χ2n) is 5.45. The summed E-state index contributed by atoms with van der Waals surface area (Å²) in [4.78, 5) is 14.3. The van der Waals surface area contributed by atoms with Crippen molar-refractivity contribution < 1.29 is 9.21 Å². The average Bonchev–Trinajstić information content (AvgIpc) is 2.87. The van der Waals surface area contributed by atoms with Crippen LogP contribution in [0.2, 0.25) is 10.0 Å². The van der Waals surface area contributed by atoms with Crippen molar-refractivity contribution in [3.05, 3.63) is 69.4 Å². The lowest BCUT2D eigenvalue weighted by Crippen LogP contribution is -2.26. The second kappa shape index (κ2) is 6.26. The number of carbonyl (C=O) groups is 1. The highest BCUT2D eigenvalue weighted by Gasteiger charge is 2.21. The van der Waals surface area contributed by atoms with E-state index in [4.69, 9.17) is 27.6 Å². The highest BCUT2D eigenvalue weighted by atomic mass is 35.5. The smallest absolute Gasteiger partial charge is 0.289 e. The molecule has 0 unspecified atom stereocenters. The van der Waals surface area contributed by atoms with Crippen LogP contribution in [0.3, 0.4) is 0 Å². The van der Waals surface area contributed by atoms with Gasteiger partial charge in [-0.25, -0.2) is 0 Å². The van der Waals surface area contributed by atoms with Gasteiger partial charge in [-0.1, -0.05) is 47.5 Å². The number of fused-ring (bicyclic) bond motifs is 1. The Labute approximate surface area is 144 Å². The number of carbonyl (C=O) groups excluding carboxylic acids is 1. The Morgan fingerprint density at radius 3 is 2.61 bits per heavy atom. The molecule has 3 nitrogen and oxygen atoms in total. The van der Waals surface area contributed by atoms with Gasteiger partial charge in [-0.15, -0.1) is 0 Å². The number of hydrogen-bond acceptors (Lipinski definition) is 2. The molecule has 1 aromatic heterocycles. The summed E-state index contributed by atoms with van der Waals surface area (Å²) >= 11 is 12.1. The molecule has 118 valence electrons. The van der Waals surface area contributed by atoms with Gasteiger partial charge < -0.3 is 9.32 Å². The fraction of sp³-hybridized carbons (Fsp3) is 0.167. The first-order valence-corrected chi connectivity index (χ1v) is 7.90. The van der Waals surface area contributed by atoms with Crippen LogP contribution >= 0.6 is 23.2 Å². The lowest BCUT2D eigenvalue weighted by Gasteiger charge is -2.17. The van der Waals surface area contributed by atoms with Crippen LogP contribution in [0.1, 0.15) is 21.7 Å². The van der Waals surface area contributed by atoms with E-state index in [-0.39, 0.29) is 5.91 Å². The summed E-state index contributed by atoms with van der Waals surface area (Å²) in [7, 11) is 1.72. The van der Waals surface area contributed by atoms with Crippen molar-refractivity contribution in [2.75, 3.05) is 7.05 Å². The van der Waals surface area contributed by atoms with E-state index in [9.17, 15) is 4.79 Å². The van der Waals surface area contributed by atoms with E-state index in [2.05, 4.69) is 0 Å². The molecule has 23 heavy (non-hydrogen) atoms. The maximum absolute atomic E-state index is 12.7. The van der Waals surface area contributed by atoms with Gasteiger partial charge in [-0.2, -0.15) is 0 Å². The molecule has 0 fully saturated rings. The van der Waals surface area contributed by atoms with E-state index in [0.29, 0.717) is 27.9 Å². The van der Waals surface area contributed by atoms with Crippen LogP contribution in [-0.2, 0) is 6.54 Å². The predicted octanol–water partition coefficient (Wildman–Crippen LogP) is 5.32. The van der Waals surface area contributed by atoms with Crippen molar-refractivity contribution in [3.63, 3.8) is 0 Å². The molecule has 0 saturated carbocycles. The molecule has 0 atom stereocenters. The summed E-state index contributed by atoms with van der Waals surface area (Å²) < 4.78 is 5.72. The molecule has 3 aromatic rings. The Morgan fingerprint density at radius 2 is 1.91 bits per heavy atom. The molecule has 0 saturated heterocycles. The van der Waals surface area contributed by atoms with Crippen LogP contribution in [0.4, 0.5) is 0 Å². The molecule has 0 aliphatic heterocycles. The normalized spacial score (nSPS) is 11.0. The fourth-order valence-electron chi connectivity index (χ4n) is 2.53. The number of benzene rings is 2. The minimum Gasteiger partial charge on any atom is -0.451 e. The monoisotopic (exact) mass is 347 g/mol. The van der Waals surface area contributed by atoms with Gasteiger partial charge in [0.15, 0.2) is 5.76 Å².